The van der Waals surface area contributed by atoms with Crippen LogP contribution in [0.15, 0.2) is 24.3 Å². The van der Waals surface area contributed by atoms with E-state index < -0.39 is 0 Å². The number of piperazine rings is 1. The van der Waals surface area contributed by atoms with Gasteiger partial charge in [0, 0.05) is 31.9 Å². The molecule has 1 atom stereocenters. The molecular formula is C15H21ClN2O. The highest BCUT2D eigenvalue weighted by atomic mass is 35.5. The summed E-state index contributed by atoms with van der Waals surface area (Å²) in [6, 6.07) is 8.58. The number of carbonyl (C=O) groups is 1. The number of nitrogens with zero attached hydrogens (tertiary/aromatic N) is 2. The fraction of sp³-hybridized carbons (Fsp3) is 0.533. The van der Waals surface area contributed by atoms with E-state index >= 15 is 0 Å². The Kier molecular flexibility index (Phi) is 4.70. The van der Waals surface area contributed by atoms with Crippen LogP contribution in [-0.2, 0) is 0 Å². The summed E-state index contributed by atoms with van der Waals surface area (Å²) in [5.74, 6) is 0.559. The lowest BCUT2D eigenvalue weighted by atomic mass is 9.96. The Balaban J connectivity index is 2.13. The summed E-state index contributed by atoms with van der Waals surface area (Å²) in [4.78, 5) is 15.2. The average Bonchev–Trinajstić information content (AvgIpc) is 2.46. The van der Waals surface area contributed by atoms with Crippen molar-refractivity contribution in [3.63, 3.8) is 0 Å². The van der Waals surface area contributed by atoms with Gasteiger partial charge in [0.25, 0.3) is 0 Å². The van der Waals surface area contributed by atoms with Gasteiger partial charge < -0.3 is 9.80 Å². The molecule has 1 unspecified atom stereocenters. The van der Waals surface area contributed by atoms with Gasteiger partial charge in [-0.15, -0.1) is 0 Å². The molecule has 19 heavy (non-hydrogen) atoms. The molecule has 1 aliphatic rings. The fourth-order valence-corrected chi connectivity index (χ4v) is 2.70. The number of amides is 1. The predicted molar refractivity (Wildman–Crippen MR) is 80.2 cm³/mol. The zero-order valence-corrected chi connectivity index (χ0v) is 12.4. The SMILES string of the molecule is CCC(C)c1ccccc1N1CCN(C(=O)Cl)CC1. The molecule has 3 nitrogen and oxygen atoms in total. The van der Waals surface area contributed by atoms with E-state index in [4.69, 9.17) is 11.6 Å². The minimum absolute atomic E-state index is 0.338. The second-order valence-electron chi connectivity index (χ2n) is 5.10. The van der Waals surface area contributed by atoms with Crippen molar-refractivity contribution in [1.29, 1.82) is 0 Å². The lowest BCUT2D eigenvalue weighted by Crippen LogP contribution is -2.47. The zero-order valence-electron chi connectivity index (χ0n) is 11.6. The van der Waals surface area contributed by atoms with Crippen molar-refractivity contribution in [1.82, 2.24) is 4.90 Å². The first kappa shape index (κ1) is 14.2. The minimum atomic E-state index is -0.338. The van der Waals surface area contributed by atoms with Gasteiger partial charge in [0.15, 0.2) is 0 Å². The molecule has 1 saturated heterocycles. The van der Waals surface area contributed by atoms with Gasteiger partial charge in [-0.1, -0.05) is 32.0 Å². The van der Waals surface area contributed by atoms with Gasteiger partial charge in [-0.25, -0.2) is 0 Å². The normalized spacial score (nSPS) is 17.4. The van der Waals surface area contributed by atoms with E-state index in [1.54, 1.807) is 4.90 Å². The lowest BCUT2D eigenvalue weighted by molar-refractivity contribution is 0.218. The van der Waals surface area contributed by atoms with Crippen molar-refractivity contribution in [2.75, 3.05) is 31.1 Å². The molecule has 0 aliphatic carbocycles. The molecule has 0 N–H and O–H groups in total. The van der Waals surface area contributed by atoms with Crippen molar-refractivity contribution in [2.45, 2.75) is 26.2 Å². The third-order valence-corrected chi connectivity index (χ3v) is 4.19. The molecule has 0 radical (unpaired) electrons. The van der Waals surface area contributed by atoms with Crippen LogP contribution in [0.5, 0.6) is 0 Å². The molecule has 0 saturated carbocycles. The number of hydrogen-bond donors (Lipinski definition) is 0. The van der Waals surface area contributed by atoms with Crippen LogP contribution in [0.3, 0.4) is 0 Å². The van der Waals surface area contributed by atoms with E-state index in [0.717, 1.165) is 19.5 Å². The summed E-state index contributed by atoms with van der Waals surface area (Å²) in [6.07, 6.45) is 1.14. The van der Waals surface area contributed by atoms with Gasteiger partial charge in [-0.05, 0) is 35.6 Å². The number of anilines is 1. The van der Waals surface area contributed by atoms with E-state index in [-0.39, 0.29) is 5.37 Å². The molecular weight excluding hydrogens is 260 g/mol. The average molecular weight is 281 g/mol. The molecule has 1 aromatic rings. The highest BCUT2D eigenvalue weighted by molar-refractivity contribution is 6.62. The standard InChI is InChI=1S/C15H21ClN2O/c1-3-12(2)13-6-4-5-7-14(13)17-8-10-18(11-9-17)15(16)19/h4-7,12H,3,8-11H2,1-2H3. The molecule has 0 spiro atoms. The highest BCUT2D eigenvalue weighted by Gasteiger charge is 2.22. The zero-order chi connectivity index (χ0) is 13.8. The Morgan fingerprint density at radius 1 is 1.26 bits per heavy atom. The Labute approximate surface area is 120 Å². The molecule has 1 heterocycles. The number of halogens is 1. The number of hydrogen-bond acceptors (Lipinski definition) is 2. The topological polar surface area (TPSA) is 23.6 Å². The van der Waals surface area contributed by atoms with Crippen LogP contribution in [0.2, 0.25) is 0 Å². The maximum absolute atomic E-state index is 11.1. The second kappa shape index (κ2) is 6.29. The third-order valence-electron chi connectivity index (χ3n) is 3.95. The first-order valence-corrected chi connectivity index (χ1v) is 7.29. The van der Waals surface area contributed by atoms with Gasteiger partial charge in [-0.2, -0.15) is 0 Å². The van der Waals surface area contributed by atoms with E-state index in [1.807, 2.05) is 0 Å². The maximum Gasteiger partial charge on any atom is 0.316 e. The number of carbonyl (C=O) groups excluding carboxylic acids is 1. The van der Waals surface area contributed by atoms with Crippen LogP contribution >= 0.6 is 11.6 Å². The van der Waals surface area contributed by atoms with E-state index in [0.29, 0.717) is 19.0 Å². The molecule has 0 aromatic heterocycles. The first-order valence-electron chi connectivity index (χ1n) is 6.91. The maximum atomic E-state index is 11.1. The van der Waals surface area contributed by atoms with Crippen LogP contribution in [0, 0.1) is 0 Å². The van der Waals surface area contributed by atoms with Crippen molar-refractivity contribution >= 4 is 22.7 Å². The number of rotatable bonds is 3. The number of para-hydroxylation sites is 1. The van der Waals surface area contributed by atoms with E-state index in [1.165, 1.54) is 11.3 Å². The Hall–Kier alpha value is -1.22. The van der Waals surface area contributed by atoms with Crippen molar-refractivity contribution in [2.24, 2.45) is 0 Å². The highest BCUT2D eigenvalue weighted by Crippen LogP contribution is 2.30. The van der Waals surface area contributed by atoms with E-state index in [2.05, 4.69) is 43.0 Å². The van der Waals surface area contributed by atoms with Crippen LogP contribution in [0.25, 0.3) is 0 Å². The van der Waals surface area contributed by atoms with Crippen LogP contribution < -0.4 is 4.90 Å². The smallest absolute Gasteiger partial charge is 0.316 e. The Bertz CT molecular complexity index is 442. The largest absolute Gasteiger partial charge is 0.368 e. The van der Waals surface area contributed by atoms with Gasteiger partial charge in [-0.3, -0.25) is 4.79 Å². The number of benzene rings is 1. The lowest BCUT2D eigenvalue weighted by Gasteiger charge is -2.36. The summed E-state index contributed by atoms with van der Waals surface area (Å²) < 4.78 is 0. The third kappa shape index (κ3) is 3.21. The van der Waals surface area contributed by atoms with Gasteiger partial charge in [0.05, 0.1) is 0 Å². The van der Waals surface area contributed by atoms with Gasteiger partial charge in [0.1, 0.15) is 0 Å². The summed E-state index contributed by atoms with van der Waals surface area (Å²) in [6.45, 7) is 7.59. The second-order valence-corrected chi connectivity index (χ2v) is 5.42. The molecule has 1 amide bonds. The summed E-state index contributed by atoms with van der Waals surface area (Å²) in [7, 11) is 0. The Morgan fingerprint density at radius 3 is 2.47 bits per heavy atom. The van der Waals surface area contributed by atoms with Crippen molar-refractivity contribution in [3.8, 4) is 0 Å². The minimum Gasteiger partial charge on any atom is -0.368 e. The summed E-state index contributed by atoms with van der Waals surface area (Å²) in [5, 5.41) is -0.338. The molecule has 104 valence electrons. The van der Waals surface area contributed by atoms with Gasteiger partial charge >= 0.3 is 5.37 Å². The molecule has 1 aromatic carbocycles. The molecule has 1 aliphatic heterocycles. The van der Waals surface area contributed by atoms with Crippen LogP contribution in [0.1, 0.15) is 31.7 Å². The van der Waals surface area contributed by atoms with Crippen LogP contribution in [-0.4, -0.2) is 36.4 Å². The molecule has 1 fully saturated rings. The molecule has 0 bridgehead atoms. The fourth-order valence-electron chi connectivity index (χ4n) is 2.54. The monoisotopic (exact) mass is 280 g/mol. The van der Waals surface area contributed by atoms with E-state index in [9.17, 15) is 4.79 Å². The quantitative estimate of drug-likeness (QED) is 0.623. The first-order chi connectivity index (χ1) is 9.13. The summed E-state index contributed by atoms with van der Waals surface area (Å²) in [5.41, 5.74) is 2.70. The van der Waals surface area contributed by atoms with Crippen molar-refractivity contribution < 1.29 is 4.79 Å². The summed E-state index contributed by atoms with van der Waals surface area (Å²) >= 11 is 5.52. The van der Waals surface area contributed by atoms with Crippen molar-refractivity contribution in [3.05, 3.63) is 29.8 Å². The Morgan fingerprint density at radius 2 is 1.89 bits per heavy atom. The predicted octanol–water partition coefficient (Wildman–Crippen LogP) is 3.68. The van der Waals surface area contributed by atoms with Gasteiger partial charge in [0.2, 0.25) is 0 Å². The molecule has 4 heteroatoms. The molecule has 2 rings (SSSR count). The van der Waals surface area contributed by atoms with Crippen LogP contribution in [0.4, 0.5) is 10.5 Å².